The highest BCUT2D eigenvalue weighted by Gasteiger charge is 2.06. The van der Waals surface area contributed by atoms with E-state index >= 15 is 0 Å². The highest BCUT2D eigenvalue weighted by Crippen LogP contribution is 2.27. The third kappa shape index (κ3) is 6.21. The van der Waals surface area contributed by atoms with Crippen molar-refractivity contribution in [1.29, 1.82) is 0 Å². The predicted octanol–water partition coefficient (Wildman–Crippen LogP) is 0.413. The lowest BCUT2D eigenvalue weighted by molar-refractivity contribution is 0.354. The van der Waals surface area contributed by atoms with Crippen LogP contribution in [0, 0.1) is 0 Å². The number of benzene rings is 1. The van der Waals surface area contributed by atoms with E-state index in [2.05, 4.69) is 15.6 Å². The van der Waals surface area contributed by atoms with Crippen molar-refractivity contribution >= 4 is 15.8 Å². The van der Waals surface area contributed by atoms with Crippen LogP contribution in [0.1, 0.15) is 5.56 Å². The van der Waals surface area contributed by atoms with Gasteiger partial charge in [0.05, 0.1) is 20.0 Å². The Hall–Kier alpha value is -1.96. The molecule has 1 aromatic rings. The molecular weight excluding hydrogens is 306 g/mol. The molecule has 0 saturated heterocycles. The van der Waals surface area contributed by atoms with Crippen LogP contribution in [-0.2, 0) is 16.4 Å². The Morgan fingerprint density at radius 3 is 2.41 bits per heavy atom. The van der Waals surface area contributed by atoms with Crippen molar-refractivity contribution in [2.24, 2.45) is 4.99 Å². The van der Waals surface area contributed by atoms with Crippen LogP contribution >= 0.6 is 0 Å². The highest BCUT2D eigenvalue weighted by atomic mass is 32.2. The van der Waals surface area contributed by atoms with Crippen molar-refractivity contribution in [3.05, 3.63) is 23.8 Å². The second-order valence-electron chi connectivity index (χ2n) is 4.67. The van der Waals surface area contributed by atoms with Crippen LogP contribution in [0.3, 0.4) is 0 Å². The minimum absolute atomic E-state index is 0.0596. The zero-order valence-electron chi connectivity index (χ0n) is 13.3. The molecule has 1 rings (SSSR count). The average Bonchev–Trinajstić information content (AvgIpc) is 2.49. The van der Waals surface area contributed by atoms with Crippen molar-refractivity contribution in [3.8, 4) is 11.5 Å². The number of guanidine groups is 1. The summed E-state index contributed by atoms with van der Waals surface area (Å²) in [6.07, 6.45) is 1.20. The smallest absolute Gasteiger partial charge is 0.191 e. The van der Waals surface area contributed by atoms with Crippen LogP contribution in [0.5, 0.6) is 11.5 Å². The molecule has 0 radical (unpaired) electrons. The summed E-state index contributed by atoms with van der Waals surface area (Å²) < 4.78 is 32.6. The number of aliphatic imine (C=N–C) groups is 1. The third-order valence-corrected chi connectivity index (χ3v) is 3.84. The molecule has 0 spiro atoms. The standard InChI is InChI=1S/C14H23N3O4S/c1-15-14(16-7-8-22(4,18)19)17-10-11-5-6-12(20-2)13(9-11)21-3/h5-6,9H,7-8,10H2,1-4H3,(H2,15,16,17). The summed E-state index contributed by atoms with van der Waals surface area (Å²) in [4.78, 5) is 4.04. The number of sulfone groups is 1. The SMILES string of the molecule is CN=C(NCCS(C)(=O)=O)NCc1ccc(OC)c(OC)c1. The third-order valence-electron chi connectivity index (χ3n) is 2.90. The average molecular weight is 329 g/mol. The fourth-order valence-corrected chi connectivity index (χ4v) is 2.22. The van der Waals surface area contributed by atoms with Gasteiger partial charge in [-0.25, -0.2) is 8.42 Å². The van der Waals surface area contributed by atoms with Crippen LogP contribution in [0.15, 0.2) is 23.2 Å². The Morgan fingerprint density at radius 1 is 1.18 bits per heavy atom. The van der Waals surface area contributed by atoms with E-state index in [-0.39, 0.29) is 5.75 Å². The van der Waals surface area contributed by atoms with E-state index in [1.54, 1.807) is 21.3 Å². The molecule has 22 heavy (non-hydrogen) atoms. The zero-order valence-corrected chi connectivity index (χ0v) is 14.2. The molecule has 0 aromatic heterocycles. The maximum Gasteiger partial charge on any atom is 0.191 e. The summed E-state index contributed by atoms with van der Waals surface area (Å²) in [6.45, 7) is 0.837. The maximum absolute atomic E-state index is 11.1. The first kappa shape index (κ1) is 18.1. The van der Waals surface area contributed by atoms with E-state index < -0.39 is 9.84 Å². The molecule has 0 heterocycles. The summed E-state index contributed by atoms with van der Waals surface area (Å²) in [6, 6.07) is 5.61. The van der Waals surface area contributed by atoms with Gasteiger partial charge in [-0.15, -0.1) is 0 Å². The fourth-order valence-electron chi connectivity index (χ4n) is 1.75. The van der Waals surface area contributed by atoms with Gasteiger partial charge in [-0.1, -0.05) is 6.07 Å². The molecule has 0 aliphatic carbocycles. The van der Waals surface area contributed by atoms with Gasteiger partial charge in [0, 0.05) is 26.4 Å². The van der Waals surface area contributed by atoms with Gasteiger partial charge in [-0.05, 0) is 17.7 Å². The number of hydrogen-bond acceptors (Lipinski definition) is 5. The monoisotopic (exact) mass is 329 g/mol. The molecule has 0 saturated carbocycles. The quantitative estimate of drug-likeness (QED) is 0.556. The first-order chi connectivity index (χ1) is 10.4. The van der Waals surface area contributed by atoms with Crippen LogP contribution in [-0.4, -0.2) is 54.2 Å². The summed E-state index contributed by atoms with van der Waals surface area (Å²) in [7, 11) is 1.81. The Labute approximate surface area is 131 Å². The second-order valence-corrected chi connectivity index (χ2v) is 6.93. The van der Waals surface area contributed by atoms with E-state index in [1.807, 2.05) is 18.2 Å². The van der Waals surface area contributed by atoms with E-state index in [4.69, 9.17) is 9.47 Å². The van der Waals surface area contributed by atoms with Gasteiger partial charge in [-0.3, -0.25) is 4.99 Å². The number of hydrogen-bond donors (Lipinski definition) is 2. The lowest BCUT2D eigenvalue weighted by Crippen LogP contribution is -2.39. The minimum Gasteiger partial charge on any atom is -0.493 e. The van der Waals surface area contributed by atoms with Crippen LogP contribution in [0.2, 0.25) is 0 Å². The fraction of sp³-hybridized carbons (Fsp3) is 0.500. The number of nitrogens with zero attached hydrogens (tertiary/aromatic N) is 1. The Bertz CT molecular complexity index is 615. The normalized spacial score (nSPS) is 11.9. The lowest BCUT2D eigenvalue weighted by Gasteiger charge is -2.13. The van der Waals surface area contributed by atoms with Crippen LogP contribution < -0.4 is 20.1 Å². The van der Waals surface area contributed by atoms with Crippen molar-refractivity contribution in [2.75, 3.05) is 39.8 Å². The number of methoxy groups -OCH3 is 2. The van der Waals surface area contributed by atoms with Crippen molar-refractivity contribution in [3.63, 3.8) is 0 Å². The number of ether oxygens (including phenoxy) is 2. The zero-order chi connectivity index (χ0) is 16.6. The Kier molecular flexibility index (Phi) is 6.97. The van der Waals surface area contributed by atoms with Gasteiger partial charge >= 0.3 is 0 Å². The number of nitrogens with one attached hydrogen (secondary N) is 2. The minimum atomic E-state index is -2.99. The molecule has 7 nitrogen and oxygen atoms in total. The molecule has 2 N–H and O–H groups in total. The van der Waals surface area contributed by atoms with Crippen molar-refractivity contribution < 1.29 is 17.9 Å². The summed E-state index contributed by atoms with van der Waals surface area (Å²) in [5, 5.41) is 6.06. The molecule has 0 atom stereocenters. The van der Waals surface area contributed by atoms with E-state index in [1.165, 1.54) is 6.26 Å². The molecule has 124 valence electrons. The van der Waals surface area contributed by atoms with E-state index in [0.717, 1.165) is 5.56 Å². The molecule has 8 heteroatoms. The van der Waals surface area contributed by atoms with Gasteiger partial charge < -0.3 is 20.1 Å². The summed E-state index contributed by atoms with van der Waals surface area (Å²) >= 11 is 0. The molecule has 0 unspecified atom stereocenters. The van der Waals surface area contributed by atoms with Gasteiger partial charge in [0.2, 0.25) is 0 Å². The first-order valence-corrected chi connectivity index (χ1v) is 8.79. The van der Waals surface area contributed by atoms with Gasteiger partial charge in [0.25, 0.3) is 0 Å². The van der Waals surface area contributed by atoms with Crippen molar-refractivity contribution in [2.45, 2.75) is 6.54 Å². The molecule has 0 fully saturated rings. The summed E-state index contributed by atoms with van der Waals surface area (Å²) in [5.41, 5.74) is 0.990. The lowest BCUT2D eigenvalue weighted by atomic mass is 10.2. The van der Waals surface area contributed by atoms with Crippen LogP contribution in [0.4, 0.5) is 0 Å². The topological polar surface area (TPSA) is 89.0 Å². The molecule has 0 amide bonds. The molecule has 0 aliphatic heterocycles. The highest BCUT2D eigenvalue weighted by molar-refractivity contribution is 7.90. The first-order valence-electron chi connectivity index (χ1n) is 6.72. The largest absolute Gasteiger partial charge is 0.493 e. The summed E-state index contributed by atoms with van der Waals surface area (Å²) in [5.74, 6) is 1.92. The van der Waals surface area contributed by atoms with Gasteiger partial charge in [0.1, 0.15) is 9.84 Å². The molecule has 1 aromatic carbocycles. The van der Waals surface area contributed by atoms with Crippen LogP contribution in [0.25, 0.3) is 0 Å². The van der Waals surface area contributed by atoms with E-state index in [0.29, 0.717) is 30.5 Å². The molecule has 0 bridgehead atoms. The second kappa shape index (κ2) is 8.47. The van der Waals surface area contributed by atoms with Gasteiger partial charge in [-0.2, -0.15) is 0 Å². The molecule has 0 aliphatic rings. The predicted molar refractivity (Wildman–Crippen MR) is 87.5 cm³/mol. The maximum atomic E-state index is 11.1. The van der Waals surface area contributed by atoms with Crippen molar-refractivity contribution in [1.82, 2.24) is 10.6 Å². The Morgan fingerprint density at radius 2 is 1.86 bits per heavy atom. The van der Waals surface area contributed by atoms with Gasteiger partial charge in [0.15, 0.2) is 17.5 Å². The number of rotatable bonds is 7. The molecular formula is C14H23N3O4S. The Balaban J connectivity index is 2.56. The van der Waals surface area contributed by atoms with E-state index in [9.17, 15) is 8.42 Å².